The summed E-state index contributed by atoms with van der Waals surface area (Å²) in [5.74, 6) is 4.70. The quantitative estimate of drug-likeness (QED) is 0.0274. The Hall–Kier alpha value is -4.71. The van der Waals surface area contributed by atoms with Crippen molar-refractivity contribution in [1.82, 2.24) is 0 Å². The van der Waals surface area contributed by atoms with Crippen molar-refractivity contribution in [3.8, 4) is 34.5 Å². The minimum absolute atomic E-state index is 0.0705. The van der Waals surface area contributed by atoms with Crippen LogP contribution in [0.2, 0.25) is 0 Å². The maximum atomic E-state index is 7.36. The summed E-state index contributed by atoms with van der Waals surface area (Å²) >= 11 is 0. The lowest BCUT2D eigenvalue weighted by atomic mass is 9.74. The van der Waals surface area contributed by atoms with Crippen molar-refractivity contribution in [2.45, 2.75) is 513 Å². The van der Waals surface area contributed by atoms with Crippen LogP contribution >= 0.6 is 25.8 Å². The highest BCUT2D eigenvalue weighted by atomic mass is 31.2. The van der Waals surface area contributed by atoms with Crippen molar-refractivity contribution in [2.24, 2.45) is 0 Å². The van der Waals surface area contributed by atoms with E-state index >= 15 is 0 Å². The van der Waals surface area contributed by atoms with Gasteiger partial charge in [-0.25, -0.2) is 0 Å². The summed E-state index contributed by atoms with van der Waals surface area (Å²) in [6.45, 7) is 45.9. The molecule has 0 saturated heterocycles. The Morgan fingerprint density at radius 2 is 0.454 bits per heavy atom. The summed E-state index contributed by atoms with van der Waals surface area (Å²) in [6.07, 6.45) is 69.2. The summed E-state index contributed by atoms with van der Waals surface area (Å²) in [5, 5.41) is 0. The van der Waals surface area contributed by atoms with Gasteiger partial charge in [-0.1, -0.05) is 454 Å². The molecule has 0 aromatic heterocycles. The molecule has 0 N–H and O–H groups in total. The molecule has 3 atom stereocenters. The fourth-order valence-electron chi connectivity index (χ4n) is 18.2. The fraction of sp³-hybridized carbons (Fsp3) is 0.695. The first-order valence-corrected chi connectivity index (χ1v) is 57.3. The normalized spacial score (nSPS) is 12.8. The van der Waals surface area contributed by atoms with Crippen LogP contribution in [0.15, 0.2) is 109 Å². The van der Waals surface area contributed by atoms with E-state index in [0.717, 1.165) is 121 Å². The van der Waals surface area contributed by atoms with Crippen LogP contribution in [-0.4, -0.2) is 19.8 Å². The van der Waals surface area contributed by atoms with Crippen molar-refractivity contribution in [2.75, 3.05) is 19.8 Å². The van der Waals surface area contributed by atoms with Gasteiger partial charge in [-0.05, 0) is 212 Å². The van der Waals surface area contributed by atoms with Crippen molar-refractivity contribution < 1.29 is 40.7 Å². The van der Waals surface area contributed by atoms with Gasteiger partial charge in [0.15, 0.2) is 0 Å². The molecule has 0 heterocycles. The molecule has 0 bridgehead atoms. The third kappa shape index (κ3) is 47.4. The zero-order valence-electron chi connectivity index (χ0n) is 87.1. The lowest BCUT2D eigenvalue weighted by Gasteiger charge is -2.33. The maximum Gasteiger partial charge on any atom is 0.530 e. The number of aryl methyl sites for hydroxylation is 6. The van der Waals surface area contributed by atoms with Gasteiger partial charge in [-0.15, -0.1) is 0 Å². The van der Waals surface area contributed by atoms with Gasteiger partial charge in [0.2, 0.25) is 0 Å². The van der Waals surface area contributed by atoms with Gasteiger partial charge < -0.3 is 36.2 Å². The van der Waals surface area contributed by atoms with Crippen molar-refractivity contribution in [3.05, 3.63) is 176 Å². The standard InChI is InChI=1S/C118H193O9P3/c1-20-26-32-38-44-47-50-56-62-68-86-119-128(120-87-69-63-57-51-48-45-39-33-27-21-2)125-113-91-98(9)107(94-111(113)117(14,15)16)109(108-95-112(118(17,18)19)114(92-99(108)10)126-129(121-88-70-64-58-52-49-46-40-34-28-22-3)122-103-80-74-100(75-81-103)71-65-59-53-41-35-29-23-4)89-96(7)106-93-110(116(11,12)13)115(90-97(106)8)127-130(123-104-82-76-101(77-83-104)72-66-60-54-42-36-30-24-5)124-105-84-78-102(79-85-105)73-67-61-55-43-37-31-25-6/h74-85,90-96,109H,20-73,86-89H2,1-19H3. The molecule has 0 radical (unpaired) electrons. The number of rotatable bonds is 77. The van der Waals surface area contributed by atoms with Gasteiger partial charge >= 0.3 is 25.8 Å². The first-order valence-electron chi connectivity index (χ1n) is 54.0. The topological polar surface area (TPSA) is 83.1 Å². The van der Waals surface area contributed by atoms with E-state index in [1.54, 1.807) is 0 Å². The number of benzene rings is 6. The monoisotopic (exact) mass is 1850 g/mol. The first-order chi connectivity index (χ1) is 62.9. The smallest absolute Gasteiger partial charge is 0.426 e. The van der Waals surface area contributed by atoms with Gasteiger partial charge in [-0.2, -0.15) is 0 Å². The average molecular weight is 1850 g/mol. The van der Waals surface area contributed by atoms with Gasteiger partial charge in [-0.3, -0.25) is 4.52 Å². The van der Waals surface area contributed by atoms with Crippen LogP contribution in [0.1, 0.15) is 523 Å². The molecule has 6 rings (SSSR count). The molecule has 130 heavy (non-hydrogen) atoms. The molecule has 6 aromatic rings. The van der Waals surface area contributed by atoms with E-state index in [1.165, 1.54) is 333 Å². The van der Waals surface area contributed by atoms with Crippen molar-refractivity contribution in [3.63, 3.8) is 0 Å². The summed E-state index contributed by atoms with van der Waals surface area (Å²) in [5.41, 5.74) is 13.8. The lowest BCUT2D eigenvalue weighted by Crippen LogP contribution is -2.19. The number of unbranched alkanes of at least 4 members (excludes halogenated alkanes) is 45. The first kappa shape index (κ1) is 114. The van der Waals surface area contributed by atoms with Crippen LogP contribution in [0.3, 0.4) is 0 Å². The highest BCUT2D eigenvalue weighted by molar-refractivity contribution is 7.43. The fourth-order valence-corrected chi connectivity index (χ4v) is 21.3. The Morgan fingerprint density at radius 3 is 0.723 bits per heavy atom. The van der Waals surface area contributed by atoms with Crippen LogP contribution in [0.4, 0.5) is 0 Å². The molecule has 12 heteroatoms. The predicted octanol–water partition coefficient (Wildman–Crippen LogP) is 40.6. The molecule has 0 amide bonds. The van der Waals surface area contributed by atoms with Crippen LogP contribution in [0, 0.1) is 20.8 Å². The second-order valence-electron chi connectivity index (χ2n) is 41.9. The molecule has 0 aliphatic carbocycles. The van der Waals surface area contributed by atoms with Crippen molar-refractivity contribution in [1.29, 1.82) is 0 Å². The van der Waals surface area contributed by atoms with E-state index in [2.05, 4.69) is 241 Å². The largest absolute Gasteiger partial charge is 0.530 e. The van der Waals surface area contributed by atoms with E-state index in [0.29, 0.717) is 19.8 Å². The van der Waals surface area contributed by atoms with E-state index in [-0.39, 0.29) is 28.1 Å². The van der Waals surface area contributed by atoms with Crippen LogP contribution in [0.25, 0.3) is 0 Å². The number of hydrogen-bond donors (Lipinski definition) is 0. The third-order valence-electron chi connectivity index (χ3n) is 26.5. The average Bonchev–Trinajstić information content (AvgIpc) is 0.758. The highest BCUT2D eigenvalue weighted by Crippen LogP contribution is 2.53. The van der Waals surface area contributed by atoms with E-state index in [1.807, 2.05) is 0 Å². The Labute approximate surface area is 804 Å². The second-order valence-corrected chi connectivity index (χ2v) is 45.1. The van der Waals surface area contributed by atoms with E-state index in [9.17, 15) is 0 Å². The summed E-state index contributed by atoms with van der Waals surface area (Å²) in [6, 6.07) is 40.6. The van der Waals surface area contributed by atoms with Gasteiger partial charge in [0, 0.05) is 22.6 Å². The number of hydrogen-bond acceptors (Lipinski definition) is 9. The van der Waals surface area contributed by atoms with E-state index < -0.39 is 25.8 Å². The molecule has 9 nitrogen and oxygen atoms in total. The third-order valence-corrected chi connectivity index (χ3v) is 29.8. The predicted molar refractivity (Wildman–Crippen MR) is 567 cm³/mol. The Kier molecular flexibility index (Phi) is 59.2. The van der Waals surface area contributed by atoms with Crippen LogP contribution in [-0.2, 0) is 49.1 Å². The Balaban J connectivity index is 1.44. The van der Waals surface area contributed by atoms with E-state index in [4.69, 9.17) is 40.7 Å². The second kappa shape index (κ2) is 67.5. The molecule has 0 fully saturated rings. The summed E-state index contributed by atoms with van der Waals surface area (Å²) in [7, 11) is -5.51. The molecule has 6 aromatic carbocycles. The van der Waals surface area contributed by atoms with Gasteiger partial charge in [0.05, 0.1) is 19.8 Å². The van der Waals surface area contributed by atoms with Gasteiger partial charge in [0.25, 0.3) is 0 Å². The highest BCUT2D eigenvalue weighted by Gasteiger charge is 2.35. The molecule has 0 aliphatic rings. The maximum absolute atomic E-state index is 7.36. The summed E-state index contributed by atoms with van der Waals surface area (Å²) < 4.78 is 63.5. The lowest BCUT2D eigenvalue weighted by molar-refractivity contribution is 0.197. The minimum Gasteiger partial charge on any atom is -0.426 e. The summed E-state index contributed by atoms with van der Waals surface area (Å²) in [4.78, 5) is 0. The molecule has 0 aliphatic heterocycles. The molecular formula is C118H193O9P3. The molecule has 734 valence electrons. The zero-order valence-corrected chi connectivity index (χ0v) is 89.8. The minimum atomic E-state index is -1.97. The van der Waals surface area contributed by atoms with Crippen molar-refractivity contribution >= 4 is 25.8 Å². The molecular weight excluding hydrogens is 1650 g/mol. The Bertz CT molecular complexity index is 3750. The van der Waals surface area contributed by atoms with Crippen LogP contribution < -0.4 is 27.1 Å². The van der Waals surface area contributed by atoms with Crippen LogP contribution in [0.5, 0.6) is 34.5 Å². The Morgan fingerprint density at radius 1 is 0.238 bits per heavy atom. The van der Waals surface area contributed by atoms with Gasteiger partial charge in [0.1, 0.15) is 34.5 Å². The SMILES string of the molecule is CCCCCCCCCCCCOP(OCCCCCCCCCCCC)Oc1cc(C)c(C(CC(C)c2cc(C(C)(C)C)c(OP(Oc3ccc(CCCCCCCCC)cc3)Oc3ccc(CCCCCCCCC)cc3)cc2C)c2cc(C(C)(C)C)c(OP(OCCCCCCCCCCCC)Oc3ccc(CCCCCCCCC)cc3)cc2C)cc1C(C)(C)C. The zero-order chi connectivity index (χ0) is 93.9. The molecule has 3 unspecified atom stereocenters. The molecule has 0 saturated carbocycles. The molecule has 0 spiro atoms.